The van der Waals surface area contributed by atoms with Crippen LogP contribution in [0.5, 0.6) is 0 Å². The van der Waals surface area contributed by atoms with Gasteiger partial charge in [-0.05, 0) is 75.1 Å². The average Bonchev–Trinajstić information content (AvgIpc) is 2.43. The molecule has 0 heterocycles. The number of hydrogen-bond acceptors (Lipinski definition) is 1. The molecular formula is C19H31N. The minimum absolute atomic E-state index is 0.753. The van der Waals surface area contributed by atoms with E-state index in [2.05, 4.69) is 51.2 Å². The predicted molar refractivity (Wildman–Crippen MR) is 88.3 cm³/mol. The van der Waals surface area contributed by atoms with Crippen LogP contribution in [0.25, 0.3) is 0 Å². The van der Waals surface area contributed by atoms with Crippen LogP contribution in [0, 0.1) is 25.7 Å². The summed E-state index contributed by atoms with van der Waals surface area (Å²) < 4.78 is 0. The molecule has 0 bridgehead atoms. The molecule has 1 aromatic carbocycles. The minimum Gasteiger partial charge on any atom is -0.316 e. The fourth-order valence-electron chi connectivity index (χ4n) is 3.69. The number of benzene rings is 1. The van der Waals surface area contributed by atoms with Gasteiger partial charge in [0.05, 0.1) is 0 Å². The molecule has 1 aliphatic rings. The smallest absolute Gasteiger partial charge is 0.00147 e. The van der Waals surface area contributed by atoms with Crippen molar-refractivity contribution in [2.45, 2.75) is 59.3 Å². The van der Waals surface area contributed by atoms with Crippen LogP contribution < -0.4 is 5.32 Å². The standard InChI is InChI=1S/C19H31N/c1-5-10-20-13-17-9-7-15(3)12-19(17)18-11-14(2)6-8-16(18)4/h6,8,11,15,17,19-20H,5,7,9-10,12-13H2,1-4H3. The Labute approximate surface area is 125 Å². The lowest BCUT2D eigenvalue weighted by molar-refractivity contribution is 0.241. The minimum atomic E-state index is 0.753. The van der Waals surface area contributed by atoms with Gasteiger partial charge >= 0.3 is 0 Å². The number of nitrogens with one attached hydrogen (secondary N) is 1. The molecule has 1 heteroatoms. The van der Waals surface area contributed by atoms with Crippen LogP contribution >= 0.6 is 0 Å². The number of aryl methyl sites for hydroxylation is 2. The van der Waals surface area contributed by atoms with E-state index in [1.807, 2.05) is 0 Å². The molecule has 0 spiro atoms. The second-order valence-electron chi connectivity index (χ2n) is 6.85. The molecule has 3 unspecified atom stereocenters. The molecule has 1 N–H and O–H groups in total. The van der Waals surface area contributed by atoms with Crippen molar-refractivity contribution < 1.29 is 0 Å². The molecule has 1 fully saturated rings. The lowest BCUT2D eigenvalue weighted by Crippen LogP contribution is -2.32. The average molecular weight is 273 g/mol. The van der Waals surface area contributed by atoms with Gasteiger partial charge in [0.15, 0.2) is 0 Å². The first-order valence-electron chi connectivity index (χ1n) is 8.39. The zero-order valence-electron chi connectivity index (χ0n) is 13.7. The van der Waals surface area contributed by atoms with Gasteiger partial charge in [-0.15, -0.1) is 0 Å². The van der Waals surface area contributed by atoms with Crippen LogP contribution in [0.1, 0.15) is 62.1 Å². The van der Waals surface area contributed by atoms with Gasteiger partial charge in [0.25, 0.3) is 0 Å². The van der Waals surface area contributed by atoms with E-state index in [0.717, 1.165) is 24.3 Å². The van der Waals surface area contributed by atoms with Crippen molar-refractivity contribution >= 4 is 0 Å². The summed E-state index contributed by atoms with van der Waals surface area (Å²) in [4.78, 5) is 0. The summed E-state index contributed by atoms with van der Waals surface area (Å²) in [5.41, 5.74) is 4.50. The summed E-state index contributed by atoms with van der Waals surface area (Å²) in [6, 6.07) is 6.99. The normalized spacial score (nSPS) is 26.7. The van der Waals surface area contributed by atoms with E-state index < -0.39 is 0 Å². The fraction of sp³-hybridized carbons (Fsp3) is 0.684. The summed E-state index contributed by atoms with van der Waals surface area (Å²) in [5, 5.41) is 3.65. The van der Waals surface area contributed by atoms with Crippen LogP contribution in [0.2, 0.25) is 0 Å². The fourth-order valence-corrected chi connectivity index (χ4v) is 3.69. The van der Waals surface area contributed by atoms with Crippen LogP contribution in [0.3, 0.4) is 0 Å². The maximum atomic E-state index is 3.65. The van der Waals surface area contributed by atoms with Gasteiger partial charge in [-0.1, -0.05) is 44.0 Å². The van der Waals surface area contributed by atoms with E-state index in [0.29, 0.717) is 0 Å². The van der Waals surface area contributed by atoms with Crippen molar-refractivity contribution in [3.8, 4) is 0 Å². The van der Waals surface area contributed by atoms with Crippen molar-refractivity contribution in [3.63, 3.8) is 0 Å². The second kappa shape index (κ2) is 7.26. The zero-order chi connectivity index (χ0) is 14.5. The first kappa shape index (κ1) is 15.6. The maximum absolute atomic E-state index is 3.65. The third kappa shape index (κ3) is 3.85. The summed E-state index contributed by atoms with van der Waals surface area (Å²) in [6.07, 6.45) is 5.38. The maximum Gasteiger partial charge on any atom is -0.00147 e. The van der Waals surface area contributed by atoms with Crippen molar-refractivity contribution in [3.05, 3.63) is 34.9 Å². The Morgan fingerprint density at radius 2 is 2.00 bits per heavy atom. The quantitative estimate of drug-likeness (QED) is 0.758. The van der Waals surface area contributed by atoms with E-state index >= 15 is 0 Å². The van der Waals surface area contributed by atoms with Gasteiger partial charge in [-0.2, -0.15) is 0 Å². The second-order valence-corrected chi connectivity index (χ2v) is 6.85. The monoisotopic (exact) mass is 273 g/mol. The van der Waals surface area contributed by atoms with Gasteiger partial charge < -0.3 is 5.32 Å². The highest BCUT2D eigenvalue weighted by atomic mass is 14.9. The van der Waals surface area contributed by atoms with E-state index in [9.17, 15) is 0 Å². The van der Waals surface area contributed by atoms with Crippen LogP contribution in [-0.4, -0.2) is 13.1 Å². The van der Waals surface area contributed by atoms with Gasteiger partial charge in [-0.25, -0.2) is 0 Å². The summed E-state index contributed by atoms with van der Waals surface area (Å²) in [5.74, 6) is 2.45. The Balaban J connectivity index is 2.16. The number of rotatable bonds is 5. The van der Waals surface area contributed by atoms with E-state index in [4.69, 9.17) is 0 Å². The van der Waals surface area contributed by atoms with Crippen molar-refractivity contribution in [1.29, 1.82) is 0 Å². The zero-order valence-corrected chi connectivity index (χ0v) is 13.7. The molecule has 0 aliphatic heterocycles. The Bertz CT molecular complexity index is 424. The molecule has 0 radical (unpaired) electrons. The van der Waals surface area contributed by atoms with Gasteiger partial charge in [0.2, 0.25) is 0 Å². The molecular weight excluding hydrogens is 242 g/mol. The Hall–Kier alpha value is -0.820. The summed E-state index contributed by atoms with van der Waals surface area (Å²) in [7, 11) is 0. The van der Waals surface area contributed by atoms with E-state index in [1.165, 1.54) is 43.4 Å². The SMILES string of the molecule is CCCNCC1CCC(C)CC1c1cc(C)ccc1C. The largest absolute Gasteiger partial charge is 0.316 e. The van der Waals surface area contributed by atoms with E-state index in [1.54, 1.807) is 5.56 Å². The Morgan fingerprint density at radius 3 is 2.75 bits per heavy atom. The molecule has 1 saturated carbocycles. The Kier molecular flexibility index (Phi) is 5.65. The van der Waals surface area contributed by atoms with Crippen molar-refractivity contribution in [1.82, 2.24) is 5.32 Å². The van der Waals surface area contributed by atoms with Crippen LogP contribution in [0.15, 0.2) is 18.2 Å². The van der Waals surface area contributed by atoms with Crippen molar-refractivity contribution in [2.75, 3.05) is 13.1 Å². The number of hydrogen-bond donors (Lipinski definition) is 1. The molecule has 20 heavy (non-hydrogen) atoms. The predicted octanol–water partition coefficient (Wildman–Crippen LogP) is 4.82. The molecule has 0 saturated heterocycles. The highest BCUT2D eigenvalue weighted by molar-refractivity contribution is 5.34. The van der Waals surface area contributed by atoms with Crippen molar-refractivity contribution in [2.24, 2.45) is 11.8 Å². The molecule has 1 aromatic rings. The topological polar surface area (TPSA) is 12.0 Å². The first-order chi connectivity index (χ1) is 9.61. The van der Waals surface area contributed by atoms with Crippen LogP contribution in [-0.2, 0) is 0 Å². The summed E-state index contributed by atoms with van der Waals surface area (Å²) >= 11 is 0. The molecule has 3 atom stereocenters. The first-order valence-corrected chi connectivity index (χ1v) is 8.39. The lowest BCUT2D eigenvalue weighted by atomic mass is 9.70. The molecule has 112 valence electrons. The molecule has 0 amide bonds. The van der Waals surface area contributed by atoms with E-state index in [-0.39, 0.29) is 0 Å². The van der Waals surface area contributed by atoms with Gasteiger partial charge in [0, 0.05) is 0 Å². The molecule has 1 aliphatic carbocycles. The van der Waals surface area contributed by atoms with Crippen LogP contribution in [0.4, 0.5) is 0 Å². The highest BCUT2D eigenvalue weighted by Gasteiger charge is 2.30. The summed E-state index contributed by atoms with van der Waals surface area (Å²) in [6.45, 7) is 11.5. The molecule has 2 rings (SSSR count). The third-order valence-corrected chi connectivity index (χ3v) is 4.92. The Morgan fingerprint density at radius 1 is 1.20 bits per heavy atom. The third-order valence-electron chi connectivity index (χ3n) is 4.92. The van der Waals surface area contributed by atoms with Gasteiger partial charge in [0.1, 0.15) is 0 Å². The molecule has 0 aromatic heterocycles. The molecule has 1 nitrogen and oxygen atoms in total. The lowest BCUT2D eigenvalue weighted by Gasteiger charge is -2.36. The highest BCUT2D eigenvalue weighted by Crippen LogP contribution is 2.41. The van der Waals surface area contributed by atoms with Gasteiger partial charge in [-0.3, -0.25) is 0 Å².